The average Bonchev–Trinajstić information content (AvgIpc) is 3.18. The number of anilines is 3. The summed E-state index contributed by atoms with van der Waals surface area (Å²) in [5.41, 5.74) is 14.3. The molecule has 0 atom stereocenters. The number of hydrogen-bond acceptors (Lipinski definition) is 10. The number of rotatable bonds is 6. The van der Waals surface area contributed by atoms with Gasteiger partial charge in [0.2, 0.25) is 5.75 Å². The number of thiophene rings is 1. The first-order valence-corrected chi connectivity index (χ1v) is 10.7. The third-order valence-electron chi connectivity index (χ3n) is 5.10. The highest BCUT2D eigenvalue weighted by Gasteiger charge is 2.26. The number of aromatic nitrogens is 2. The fourth-order valence-electron chi connectivity index (χ4n) is 3.59. The van der Waals surface area contributed by atoms with Crippen LogP contribution >= 0.6 is 11.3 Å². The highest BCUT2D eigenvalue weighted by atomic mass is 32.1. The van der Waals surface area contributed by atoms with Gasteiger partial charge in [-0.05, 0) is 29.8 Å². The van der Waals surface area contributed by atoms with Gasteiger partial charge in [-0.3, -0.25) is 9.78 Å². The normalized spacial score (nSPS) is 10.5. The molecule has 0 saturated heterocycles. The molecule has 172 valence electrons. The standard InChI is InChI=1S/C23H20N6O4S/c1-31-14-7-11(8-15(32-2)19(14)33-3)16-13(9-24)21(26)29-23-17(16)18(25)20(34-23)22(30)28-12-5-4-6-27-10-12/h4-8,10H,25H2,1-3H3,(H2,26,29)(H,28,30). The Hall–Kier alpha value is -4.56. The minimum atomic E-state index is -0.429. The minimum Gasteiger partial charge on any atom is -0.493 e. The van der Waals surface area contributed by atoms with Gasteiger partial charge in [0.15, 0.2) is 11.5 Å². The van der Waals surface area contributed by atoms with Crippen molar-refractivity contribution in [3.8, 4) is 34.4 Å². The topological polar surface area (TPSA) is 158 Å². The molecule has 0 radical (unpaired) electrons. The van der Waals surface area contributed by atoms with E-state index >= 15 is 0 Å². The molecule has 0 aliphatic carbocycles. The zero-order valence-corrected chi connectivity index (χ0v) is 19.3. The van der Waals surface area contributed by atoms with E-state index in [4.69, 9.17) is 25.7 Å². The molecule has 3 heterocycles. The van der Waals surface area contributed by atoms with Crippen molar-refractivity contribution < 1.29 is 19.0 Å². The molecule has 11 heteroatoms. The van der Waals surface area contributed by atoms with Crippen LogP contribution in [0.25, 0.3) is 21.3 Å². The Labute approximate surface area is 198 Å². The Bertz CT molecular complexity index is 1420. The Morgan fingerprint density at radius 3 is 2.41 bits per heavy atom. The van der Waals surface area contributed by atoms with Crippen molar-refractivity contribution in [3.63, 3.8) is 0 Å². The molecule has 10 nitrogen and oxygen atoms in total. The van der Waals surface area contributed by atoms with Gasteiger partial charge in [-0.2, -0.15) is 5.26 Å². The SMILES string of the molecule is COc1cc(-c2c(C#N)c(N)nc3sc(C(=O)Nc4cccnc4)c(N)c23)cc(OC)c1OC. The summed E-state index contributed by atoms with van der Waals surface area (Å²) in [5.74, 6) is 0.737. The van der Waals surface area contributed by atoms with Crippen LogP contribution in [0.3, 0.4) is 0 Å². The molecule has 4 rings (SSSR count). The number of amides is 1. The van der Waals surface area contributed by atoms with Crippen LogP contribution in [0, 0.1) is 11.3 Å². The third-order valence-corrected chi connectivity index (χ3v) is 6.19. The van der Waals surface area contributed by atoms with Gasteiger partial charge in [0.25, 0.3) is 5.91 Å². The number of fused-ring (bicyclic) bond motifs is 1. The van der Waals surface area contributed by atoms with E-state index in [1.165, 1.54) is 27.5 Å². The Morgan fingerprint density at radius 1 is 1.15 bits per heavy atom. The van der Waals surface area contributed by atoms with Crippen LogP contribution in [0.15, 0.2) is 36.7 Å². The van der Waals surface area contributed by atoms with Gasteiger partial charge < -0.3 is 31.0 Å². The van der Waals surface area contributed by atoms with E-state index < -0.39 is 5.91 Å². The lowest BCUT2D eigenvalue weighted by atomic mass is 9.96. The molecular weight excluding hydrogens is 456 g/mol. The highest BCUT2D eigenvalue weighted by molar-refractivity contribution is 7.21. The van der Waals surface area contributed by atoms with E-state index in [9.17, 15) is 10.1 Å². The molecule has 0 bridgehead atoms. The average molecular weight is 477 g/mol. The van der Waals surface area contributed by atoms with Gasteiger partial charge in [0, 0.05) is 17.1 Å². The molecule has 1 amide bonds. The zero-order valence-electron chi connectivity index (χ0n) is 18.5. The molecule has 3 aromatic heterocycles. The number of hydrogen-bond donors (Lipinski definition) is 3. The Kier molecular flexibility index (Phi) is 6.07. The van der Waals surface area contributed by atoms with Gasteiger partial charge >= 0.3 is 0 Å². The van der Waals surface area contributed by atoms with Gasteiger partial charge in [-0.15, -0.1) is 11.3 Å². The van der Waals surface area contributed by atoms with Crippen molar-refractivity contribution in [2.75, 3.05) is 38.1 Å². The largest absolute Gasteiger partial charge is 0.493 e. The number of nitrogens with one attached hydrogen (secondary N) is 1. The second kappa shape index (κ2) is 9.13. The molecule has 0 aliphatic rings. The van der Waals surface area contributed by atoms with Crippen LogP contribution < -0.4 is 31.0 Å². The van der Waals surface area contributed by atoms with E-state index in [1.54, 1.807) is 30.5 Å². The van der Waals surface area contributed by atoms with Crippen LogP contribution in [0.1, 0.15) is 15.2 Å². The molecule has 0 unspecified atom stereocenters. The number of methoxy groups -OCH3 is 3. The summed E-state index contributed by atoms with van der Waals surface area (Å²) in [6.07, 6.45) is 3.12. The summed E-state index contributed by atoms with van der Waals surface area (Å²) in [6, 6.07) is 8.88. The van der Waals surface area contributed by atoms with E-state index in [-0.39, 0.29) is 21.9 Å². The highest BCUT2D eigenvalue weighted by Crippen LogP contribution is 2.47. The lowest BCUT2D eigenvalue weighted by molar-refractivity contribution is 0.103. The van der Waals surface area contributed by atoms with E-state index in [2.05, 4.69) is 21.4 Å². The van der Waals surface area contributed by atoms with Crippen LogP contribution in [-0.2, 0) is 0 Å². The van der Waals surface area contributed by atoms with Crippen molar-refractivity contribution in [1.29, 1.82) is 5.26 Å². The van der Waals surface area contributed by atoms with Gasteiger partial charge in [0.05, 0.1) is 38.9 Å². The molecule has 34 heavy (non-hydrogen) atoms. The number of carbonyl (C=O) groups is 1. The number of nitrogen functional groups attached to an aromatic ring is 2. The minimum absolute atomic E-state index is 0.0132. The van der Waals surface area contributed by atoms with Crippen molar-refractivity contribution in [3.05, 3.63) is 47.1 Å². The molecule has 0 fully saturated rings. The Balaban J connectivity index is 1.97. The maximum atomic E-state index is 13.0. The first-order chi connectivity index (χ1) is 16.4. The molecule has 5 N–H and O–H groups in total. The monoisotopic (exact) mass is 476 g/mol. The van der Waals surface area contributed by atoms with E-state index in [1.807, 2.05) is 0 Å². The molecule has 0 saturated carbocycles. The molecule has 1 aromatic carbocycles. The zero-order chi connectivity index (χ0) is 24.4. The number of pyridine rings is 2. The second-order valence-corrected chi connectivity index (χ2v) is 7.99. The quantitative estimate of drug-likeness (QED) is 0.377. The smallest absolute Gasteiger partial charge is 0.267 e. The number of nitrogens with two attached hydrogens (primary N) is 2. The van der Waals surface area contributed by atoms with Gasteiger partial charge in [-0.1, -0.05) is 0 Å². The van der Waals surface area contributed by atoms with E-state index in [0.717, 1.165) is 11.3 Å². The summed E-state index contributed by atoms with van der Waals surface area (Å²) in [6.45, 7) is 0. The molecular formula is C23H20N6O4S. The third kappa shape index (κ3) is 3.76. The van der Waals surface area contributed by atoms with Crippen LogP contribution in [0.2, 0.25) is 0 Å². The number of carbonyl (C=O) groups excluding carboxylic acids is 1. The van der Waals surface area contributed by atoms with Crippen molar-refractivity contribution in [2.24, 2.45) is 0 Å². The van der Waals surface area contributed by atoms with Gasteiger partial charge in [-0.25, -0.2) is 4.98 Å². The number of nitrogens with zero attached hydrogens (tertiary/aromatic N) is 3. The maximum Gasteiger partial charge on any atom is 0.267 e. The molecule has 0 aliphatic heterocycles. The summed E-state index contributed by atoms with van der Waals surface area (Å²) in [4.78, 5) is 22.0. The van der Waals surface area contributed by atoms with Crippen LogP contribution in [-0.4, -0.2) is 37.2 Å². The van der Waals surface area contributed by atoms with Crippen molar-refractivity contribution >= 4 is 44.7 Å². The molecule has 0 spiro atoms. The lowest BCUT2D eigenvalue weighted by Gasteiger charge is -2.16. The first-order valence-electron chi connectivity index (χ1n) is 9.86. The van der Waals surface area contributed by atoms with Crippen LogP contribution in [0.5, 0.6) is 17.2 Å². The predicted octanol–water partition coefficient (Wildman–Crippen LogP) is 3.67. The summed E-state index contributed by atoms with van der Waals surface area (Å²) in [7, 11) is 4.47. The first kappa shape index (κ1) is 22.6. The van der Waals surface area contributed by atoms with Crippen molar-refractivity contribution in [1.82, 2.24) is 9.97 Å². The fraction of sp³-hybridized carbons (Fsp3) is 0.130. The lowest BCUT2D eigenvalue weighted by Crippen LogP contribution is -2.12. The predicted molar refractivity (Wildman–Crippen MR) is 130 cm³/mol. The second-order valence-electron chi connectivity index (χ2n) is 6.99. The number of benzene rings is 1. The van der Waals surface area contributed by atoms with E-state index in [0.29, 0.717) is 44.3 Å². The summed E-state index contributed by atoms with van der Waals surface area (Å²) >= 11 is 1.08. The maximum absolute atomic E-state index is 13.0. The number of nitriles is 1. The van der Waals surface area contributed by atoms with Crippen molar-refractivity contribution in [2.45, 2.75) is 0 Å². The molecule has 4 aromatic rings. The summed E-state index contributed by atoms with van der Waals surface area (Å²) < 4.78 is 16.3. The van der Waals surface area contributed by atoms with Gasteiger partial charge in [0.1, 0.15) is 27.2 Å². The number of ether oxygens (including phenoxy) is 3. The van der Waals surface area contributed by atoms with Crippen LogP contribution in [0.4, 0.5) is 17.2 Å². The Morgan fingerprint density at radius 2 is 1.85 bits per heavy atom. The summed E-state index contributed by atoms with van der Waals surface area (Å²) in [5, 5.41) is 13.1. The fourth-order valence-corrected chi connectivity index (χ4v) is 4.60.